The van der Waals surface area contributed by atoms with E-state index in [2.05, 4.69) is 152 Å². The van der Waals surface area contributed by atoms with Crippen LogP contribution in [0.25, 0.3) is 56.4 Å². The Hall–Kier alpha value is -6.45. The van der Waals surface area contributed by atoms with Gasteiger partial charge >= 0.3 is 0 Å². The molecule has 0 radical (unpaired) electrons. The lowest BCUT2D eigenvalue weighted by Crippen LogP contribution is -2.28. The lowest BCUT2D eigenvalue weighted by Gasteiger charge is -2.34. The molecule has 0 N–H and O–H groups in total. The summed E-state index contributed by atoms with van der Waals surface area (Å²) >= 11 is 0. The molecule has 7 aromatic carbocycles. The van der Waals surface area contributed by atoms with Crippen LogP contribution in [0.4, 0.5) is 0 Å². The van der Waals surface area contributed by atoms with Crippen LogP contribution < -0.4 is 0 Å². The van der Waals surface area contributed by atoms with Gasteiger partial charge in [-0.25, -0.2) is 15.0 Å². The molecule has 1 aliphatic rings. The summed E-state index contributed by atoms with van der Waals surface area (Å²) in [6, 6.07) is 66.4. The van der Waals surface area contributed by atoms with Crippen molar-refractivity contribution in [2.45, 2.75) is 5.41 Å². The Bertz CT molecular complexity index is 2310. The molecule has 1 heterocycles. The van der Waals surface area contributed by atoms with Crippen LogP contribution in [0.5, 0.6) is 0 Å². The van der Waals surface area contributed by atoms with E-state index in [-0.39, 0.29) is 0 Å². The minimum absolute atomic E-state index is 0.564. The van der Waals surface area contributed by atoms with E-state index >= 15 is 0 Å². The molecule has 0 fully saturated rings. The molecule has 0 saturated heterocycles. The SMILES string of the molecule is c1ccc(-c2nc(-c3ccccc3)nc(-c3cc(-c4ccccc4)c4c(c3)C(c3ccccc3)(c3ccccc3)c3ccccc3-4)n2)cc1. The van der Waals surface area contributed by atoms with E-state index < -0.39 is 5.41 Å². The predicted octanol–water partition coefficient (Wildman–Crippen LogP) is 10.9. The van der Waals surface area contributed by atoms with Crippen molar-refractivity contribution >= 4 is 0 Å². The highest BCUT2D eigenvalue weighted by atomic mass is 15.0. The van der Waals surface area contributed by atoms with Crippen LogP contribution in [0.2, 0.25) is 0 Å². The standard InChI is InChI=1S/C46H31N3/c1-6-18-32(19-7-1)39-30-35(45-48-43(33-20-8-2-9-21-33)47-44(49-45)34-22-10-3-11-23-34)31-41-42(39)38-28-16-17-29-40(38)46(41,36-24-12-4-13-25-36)37-26-14-5-15-27-37/h1-31H. The van der Waals surface area contributed by atoms with Gasteiger partial charge in [-0.2, -0.15) is 0 Å². The smallest absolute Gasteiger partial charge is 0.164 e. The van der Waals surface area contributed by atoms with Gasteiger partial charge in [0.2, 0.25) is 0 Å². The third-order valence-corrected chi connectivity index (χ3v) is 9.60. The molecule has 0 atom stereocenters. The van der Waals surface area contributed by atoms with Gasteiger partial charge in [0.25, 0.3) is 0 Å². The molecule has 0 aliphatic heterocycles. The summed E-state index contributed by atoms with van der Waals surface area (Å²) in [5, 5.41) is 0. The molecule has 230 valence electrons. The maximum atomic E-state index is 5.18. The Morgan fingerprint density at radius 2 is 0.714 bits per heavy atom. The van der Waals surface area contributed by atoms with Gasteiger partial charge in [-0.3, -0.25) is 0 Å². The minimum atomic E-state index is -0.564. The molecule has 0 bridgehead atoms. The topological polar surface area (TPSA) is 38.7 Å². The van der Waals surface area contributed by atoms with Crippen molar-refractivity contribution in [3.8, 4) is 56.4 Å². The van der Waals surface area contributed by atoms with Crippen LogP contribution in [0.3, 0.4) is 0 Å². The Kier molecular flexibility index (Phi) is 7.02. The molecule has 0 spiro atoms. The second kappa shape index (κ2) is 12.0. The van der Waals surface area contributed by atoms with Gasteiger partial charge < -0.3 is 0 Å². The highest BCUT2D eigenvalue weighted by Crippen LogP contribution is 2.59. The summed E-state index contributed by atoms with van der Waals surface area (Å²) in [6.07, 6.45) is 0. The third-order valence-electron chi connectivity index (χ3n) is 9.60. The quantitative estimate of drug-likeness (QED) is 0.185. The monoisotopic (exact) mass is 625 g/mol. The molecular formula is C46H31N3. The fourth-order valence-electron chi connectivity index (χ4n) is 7.48. The molecule has 0 amide bonds. The van der Waals surface area contributed by atoms with Gasteiger partial charge in [0.1, 0.15) is 0 Å². The maximum Gasteiger partial charge on any atom is 0.164 e. The number of rotatable bonds is 6. The molecule has 1 aliphatic carbocycles. The van der Waals surface area contributed by atoms with E-state index in [0.717, 1.165) is 27.8 Å². The Labute approximate surface area is 286 Å². The first kappa shape index (κ1) is 28.7. The van der Waals surface area contributed by atoms with Crippen molar-refractivity contribution in [2.24, 2.45) is 0 Å². The molecular weight excluding hydrogens is 595 g/mol. The van der Waals surface area contributed by atoms with Crippen molar-refractivity contribution in [1.82, 2.24) is 15.0 Å². The van der Waals surface area contributed by atoms with Crippen LogP contribution in [-0.4, -0.2) is 15.0 Å². The molecule has 1 aromatic heterocycles. The van der Waals surface area contributed by atoms with E-state index in [1.165, 1.54) is 33.4 Å². The molecule has 3 nitrogen and oxygen atoms in total. The average molecular weight is 626 g/mol. The lowest BCUT2D eigenvalue weighted by molar-refractivity contribution is 0.768. The zero-order chi connectivity index (χ0) is 32.6. The highest BCUT2D eigenvalue weighted by molar-refractivity contribution is 5.97. The molecule has 49 heavy (non-hydrogen) atoms. The van der Waals surface area contributed by atoms with E-state index in [9.17, 15) is 0 Å². The normalized spacial score (nSPS) is 12.7. The van der Waals surface area contributed by atoms with Crippen molar-refractivity contribution in [3.63, 3.8) is 0 Å². The van der Waals surface area contributed by atoms with E-state index in [1.54, 1.807) is 0 Å². The van der Waals surface area contributed by atoms with E-state index in [0.29, 0.717) is 17.5 Å². The lowest BCUT2D eigenvalue weighted by atomic mass is 9.67. The second-order valence-electron chi connectivity index (χ2n) is 12.4. The van der Waals surface area contributed by atoms with Crippen LogP contribution >= 0.6 is 0 Å². The molecule has 0 unspecified atom stereocenters. The summed E-state index contributed by atoms with van der Waals surface area (Å²) in [7, 11) is 0. The number of hydrogen-bond acceptors (Lipinski definition) is 3. The van der Waals surface area contributed by atoms with Gasteiger partial charge in [-0.1, -0.05) is 176 Å². The number of nitrogens with zero attached hydrogens (tertiary/aromatic N) is 3. The van der Waals surface area contributed by atoms with Crippen molar-refractivity contribution < 1.29 is 0 Å². The van der Waals surface area contributed by atoms with Gasteiger partial charge in [-0.05, 0) is 56.6 Å². The summed E-state index contributed by atoms with van der Waals surface area (Å²) in [5.41, 5.74) is 12.0. The number of benzene rings is 7. The summed E-state index contributed by atoms with van der Waals surface area (Å²) in [4.78, 5) is 15.3. The van der Waals surface area contributed by atoms with Crippen LogP contribution in [-0.2, 0) is 5.41 Å². The first-order valence-electron chi connectivity index (χ1n) is 16.6. The fraction of sp³-hybridized carbons (Fsp3) is 0.0217. The average Bonchev–Trinajstić information content (AvgIpc) is 3.50. The summed E-state index contributed by atoms with van der Waals surface area (Å²) < 4.78 is 0. The predicted molar refractivity (Wildman–Crippen MR) is 199 cm³/mol. The Morgan fingerprint density at radius 3 is 1.22 bits per heavy atom. The van der Waals surface area contributed by atoms with Gasteiger partial charge in [0.15, 0.2) is 17.5 Å². The molecule has 3 heteroatoms. The Morgan fingerprint density at radius 1 is 0.306 bits per heavy atom. The first-order valence-corrected chi connectivity index (χ1v) is 16.6. The highest BCUT2D eigenvalue weighted by Gasteiger charge is 2.47. The van der Waals surface area contributed by atoms with Crippen LogP contribution in [0, 0.1) is 0 Å². The van der Waals surface area contributed by atoms with Crippen molar-refractivity contribution in [1.29, 1.82) is 0 Å². The van der Waals surface area contributed by atoms with Crippen molar-refractivity contribution in [2.75, 3.05) is 0 Å². The van der Waals surface area contributed by atoms with Crippen LogP contribution in [0.1, 0.15) is 22.3 Å². The van der Waals surface area contributed by atoms with E-state index in [1.807, 2.05) is 36.4 Å². The Balaban J connectivity index is 1.41. The fourth-order valence-corrected chi connectivity index (χ4v) is 7.48. The van der Waals surface area contributed by atoms with Gasteiger partial charge in [0.05, 0.1) is 5.41 Å². The summed E-state index contributed by atoms with van der Waals surface area (Å²) in [6.45, 7) is 0. The zero-order valence-corrected chi connectivity index (χ0v) is 26.7. The molecule has 8 aromatic rings. The molecule has 0 saturated carbocycles. The summed E-state index contributed by atoms with van der Waals surface area (Å²) in [5.74, 6) is 1.93. The maximum absolute atomic E-state index is 5.18. The third kappa shape index (κ3) is 4.78. The van der Waals surface area contributed by atoms with Crippen molar-refractivity contribution in [3.05, 3.63) is 210 Å². The van der Waals surface area contributed by atoms with E-state index in [4.69, 9.17) is 15.0 Å². The largest absolute Gasteiger partial charge is 0.208 e. The second-order valence-corrected chi connectivity index (χ2v) is 12.4. The number of hydrogen-bond donors (Lipinski definition) is 0. The van der Waals surface area contributed by atoms with Gasteiger partial charge in [0, 0.05) is 16.7 Å². The number of fused-ring (bicyclic) bond motifs is 3. The minimum Gasteiger partial charge on any atom is -0.208 e. The number of aromatic nitrogens is 3. The van der Waals surface area contributed by atoms with Gasteiger partial charge in [-0.15, -0.1) is 0 Å². The first-order chi connectivity index (χ1) is 24.3. The molecule has 9 rings (SSSR count). The zero-order valence-electron chi connectivity index (χ0n) is 26.7. The van der Waals surface area contributed by atoms with Crippen LogP contribution in [0.15, 0.2) is 188 Å².